The van der Waals surface area contributed by atoms with Crippen molar-refractivity contribution < 1.29 is 24.5 Å². The molecule has 4 aromatic rings. The molecule has 7 nitrogen and oxygen atoms in total. The minimum atomic E-state index is -0.889. The summed E-state index contributed by atoms with van der Waals surface area (Å²) in [6.07, 6.45) is 2.39. The Morgan fingerprint density at radius 2 is 1.62 bits per heavy atom. The molecule has 0 aliphatic carbocycles. The van der Waals surface area contributed by atoms with Gasteiger partial charge in [0, 0.05) is 16.6 Å². The number of aromatic amines is 1. The molecular weight excluding hydrogens is 551 g/mol. The molecule has 1 aromatic heterocycles. The second-order valence-corrected chi connectivity index (χ2v) is 10.5. The molecule has 9 heteroatoms. The van der Waals surface area contributed by atoms with Crippen LogP contribution in [0.1, 0.15) is 49.1 Å². The Hall–Kier alpha value is -3.52. The quantitative estimate of drug-likeness (QED) is 0.169. The fraction of sp³-hybridized carbons (Fsp3) is 0.290. The fourth-order valence-corrected chi connectivity index (χ4v) is 5.69. The van der Waals surface area contributed by atoms with E-state index in [0.717, 1.165) is 24.1 Å². The molecule has 1 aliphatic heterocycles. The van der Waals surface area contributed by atoms with E-state index in [9.17, 15) is 14.7 Å². The van der Waals surface area contributed by atoms with Crippen LogP contribution in [-0.4, -0.2) is 33.7 Å². The third-order valence-electron chi connectivity index (χ3n) is 7.18. The van der Waals surface area contributed by atoms with Crippen molar-refractivity contribution in [1.82, 2.24) is 4.98 Å². The van der Waals surface area contributed by atoms with Crippen LogP contribution in [0, 0.1) is 0 Å². The van der Waals surface area contributed by atoms with Crippen molar-refractivity contribution >= 4 is 57.4 Å². The Morgan fingerprint density at radius 3 is 2.27 bits per heavy atom. The highest BCUT2D eigenvalue weighted by molar-refractivity contribution is 6.39. The van der Waals surface area contributed by atoms with Crippen LogP contribution in [0.3, 0.4) is 0 Å². The SMILES string of the molecule is CCc1cccc2c3c([nH]c12)C(CC)(CC(=O)O)OCC3.O=C(O)Cc1ccccc1Nc1c(Cl)cccc1Cl. The number of para-hydroxylation sites is 3. The van der Waals surface area contributed by atoms with Crippen LogP contribution in [0.5, 0.6) is 0 Å². The van der Waals surface area contributed by atoms with Crippen molar-refractivity contribution in [2.75, 3.05) is 11.9 Å². The first kappa shape index (κ1) is 29.5. The third kappa shape index (κ3) is 6.28. The number of nitrogens with one attached hydrogen (secondary N) is 2. The van der Waals surface area contributed by atoms with E-state index in [1.165, 1.54) is 16.5 Å². The highest BCUT2D eigenvalue weighted by atomic mass is 35.5. The first-order valence-corrected chi connectivity index (χ1v) is 13.9. The van der Waals surface area contributed by atoms with Crippen LogP contribution in [-0.2, 0) is 39.2 Å². The Labute approximate surface area is 243 Å². The lowest BCUT2D eigenvalue weighted by Crippen LogP contribution is -2.37. The van der Waals surface area contributed by atoms with E-state index in [-0.39, 0.29) is 12.8 Å². The van der Waals surface area contributed by atoms with Gasteiger partial charge in [0.2, 0.25) is 0 Å². The molecule has 0 saturated heterocycles. The van der Waals surface area contributed by atoms with Crippen LogP contribution in [0.4, 0.5) is 11.4 Å². The Bertz CT molecular complexity index is 1510. The van der Waals surface area contributed by atoms with Gasteiger partial charge >= 0.3 is 11.9 Å². The lowest BCUT2D eigenvalue weighted by atomic mass is 9.86. The number of fused-ring (bicyclic) bond motifs is 3. The number of carboxylic acids is 2. The molecule has 0 amide bonds. The summed E-state index contributed by atoms with van der Waals surface area (Å²) in [6.45, 7) is 4.71. The number of anilines is 2. The van der Waals surface area contributed by atoms with E-state index in [2.05, 4.69) is 35.4 Å². The van der Waals surface area contributed by atoms with Crippen LogP contribution in [0.15, 0.2) is 60.7 Å². The van der Waals surface area contributed by atoms with E-state index in [4.69, 9.17) is 33.0 Å². The lowest BCUT2D eigenvalue weighted by molar-refractivity contribution is -0.148. The largest absolute Gasteiger partial charge is 0.481 e. The lowest BCUT2D eigenvalue weighted by Gasteiger charge is -2.35. The molecule has 5 rings (SSSR count). The van der Waals surface area contributed by atoms with Gasteiger partial charge in [0.1, 0.15) is 5.60 Å². The van der Waals surface area contributed by atoms with Crippen molar-refractivity contribution in [3.8, 4) is 0 Å². The van der Waals surface area contributed by atoms with E-state index in [1.807, 2.05) is 13.0 Å². The number of aromatic nitrogens is 1. The van der Waals surface area contributed by atoms with Crippen LogP contribution >= 0.6 is 23.2 Å². The third-order valence-corrected chi connectivity index (χ3v) is 7.81. The first-order chi connectivity index (χ1) is 19.2. The summed E-state index contributed by atoms with van der Waals surface area (Å²) in [6, 6.07) is 18.7. The maximum absolute atomic E-state index is 11.3. The van der Waals surface area contributed by atoms with Gasteiger partial charge in [0.05, 0.1) is 40.9 Å². The van der Waals surface area contributed by atoms with E-state index < -0.39 is 17.5 Å². The fourth-order valence-electron chi connectivity index (χ4n) is 5.20. The molecule has 0 radical (unpaired) electrons. The molecule has 0 saturated carbocycles. The summed E-state index contributed by atoms with van der Waals surface area (Å²) < 4.78 is 5.94. The first-order valence-electron chi connectivity index (χ1n) is 13.2. The highest BCUT2D eigenvalue weighted by Crippen LogP contribution is 2.42. The summed E-state index contributed by atoms with van der Waals surface area (Å²) in [4.78, 5) is 25.6. The second kappa shape index (κ2) is 12.8. The van der Waals surface area contributed by atoms with Gasteiger partial charge < -0.3 is 25.3 Å². The number of aryl methyl sites for hydroxylation is 1. The zero-order valence-electron chi connectivity index (χ0n) is 22.4. The number of hydrogen-bond donors (Lipinski definition) is 4. The molecule has 4 N–H and O–H groups in total. The van der Waals surface area contributed by atoms with Gasteiger partial charge in [-0.3, -0.25) is 9.59 Å². The van der Waals surface area contributed by atoms with Crippen molar-refractivity contribution in [3.63, 3.8) is 0 Å². The van der Waals surface area contributed by atoms with Crippen molar-refractivity contribution in [1.29, 1.82) is 0 Å². The maximum Gasteiger partial charge on any atom is 0.307 e. The van der Waals surface area contributed by atoms with Gasteiger partial charge in [0.25, 0.3) is 0 Å². The predicted molar refractivity (Wildman–Crippen MR) is 159 cm³/mol. The summed E-state index contributed by atoms with van der Waals surface area (Å²) >= 11 is 12.1. The molecule has 1 aliphatic rings. The van der Waals surface area contributed by atoms with Gasteiger partial charge in [-0.25, -0.2) is 0 Å². The average Bonchev–Trinajstić information content (AvgIpc) is 3.32. The Kier molecular flexibility index (Phi) is 9.40. The second-order valence-electron chi connectivity index (χ2n) is 9.64. The van der Waals surface area contributed by atoms with Gasteiger partial charge in [-0.2, -0.15) is 0 Å². The number of benzene rings is 3. The van der Waals surface area contributed by atoms with Crippen molar-refractivity contribution in [2.24, 2.45) is 0 Å². The smallest absolute Gasteiger partial charge is 0.307 e. The summed E-state index contributed by atoms with van der Waals surface area (Å²) in [5.41, 5.74) is 5.81. The molecule has 3 aromatic carbocycles. The van der Waals surface area contributed by atoms with E-state index >= 15 is 0 Å². The molecule has 1 unspecified atom stereocenters. The number of carbonyl (C=O) groups is 2. The van der Waals surface area contributed by atoms with E-state index in [0.29, 0.717) is 40.0 Å². The van der Waals surface area contributed by atoms with Gasteiger partial charge in [-0.15, -0.1) is 0 Å². The Balaban J connectivity index is 0.000000186. The van der Waals surface area contributed by atoms with Gasteiger partial charge in [0.15, 0.2) is 0 Å². The van der Waals surface area contributed by atoms with Gasteiger partial charge in [-0.1, -0.05) is 79.5 Å². The van der Waals surface area contributed by atoms with Crippen molar-refractivity contribution in [3.05, 3.63) is 93.1 Å². The van der Waals surface area contributed by atoms with Gasteiger partial charge in [-0.05, 0) is 54.2 Å². The van der Waals surface area contributed by atoms with Crippen molar-refractivity contribution in [2.45, 2.75) is 51.6 Å². The number of ether oxygens (including phenoxy) is 1. The minimum Gasteiger partial charge on any atom is -0.481 e. The molecular formula is C31H32Cl2N2O5. The number of H-pyrrole nitrogens is 1. The number of rotatable bonds is 8. The van der Waals surface area contributed by atoms with Crippen LogP contribution in [0.25, 0.3) is 10.9 Å². The molecule has 2 heterocycles. The normalized spacial score (nSPS) is 16.1. The molecule has 0 bridgehead atoms. The molecule has 40 heavy (non-hydrogen) atoms. The monoisotopic (exact) mass is 582 g/mol. The highest BCUT2D eigenvalue weighted by Gasteiger charge is 2.40. The number of carboxylic acid groups (broad SMARTS) is 2. The topological polar surface area (TPSA) is 112 Å². The maximum atomic E-state index is 11.3. The standard InChI is InChI=1S/C17H21NO3.C14H11Cl2NO2/c1-3-11-6-5-7-12-13-8-9-21-17(4-2,10-14(19)20)16(13)18-15(11)12;15-10-5-3-6-11(16)14(10)17-12-7-2-1-4-9(12)8-13(18)19/h5-7,18H,3-4,8-10H2,1-2H3,(H,19,20);1-7,17H,8H2,(H,18,19). The summed E-state index contributed by atoms with van der Waals surface area (Å²) in [5.74, 6) is -1.71. The predicted octanol–water partition coefficient (Wildman–Crippen LogP) is 7.75. The number of hydrogen-bond acceptors (Lipinski definition) is 4. The van der Waals surface area contributed by atoms with Crippen LogP contribution < -0.4 is 5.32 Å². The molecule has 0 fully saturated rings. The zero-order valence-corrected chi connectivity index (χ0v) is 23.9. The minimum absolute atomic E-state index is 0.00474. The molecule has 1 atom stereocenters. The summed E-state index contributed by atoms with van der Waals surface area (Å²) in [7, 11) is 0. The number of halogens is 2. The molecule has 210 valence electrons. The van der Waals surface area contributed by atoms with Crippen LogP contribution in [0.2, 0.25) is 10.0 Å². The average molecular weight is 584 g/mol. The number of aliphatic carboxylic acids is 2. The Morgan fingerprint density at radius 1 is 0.950 bits per heavy atom. The summed E-state index contributed by atoms with van der Waals surface area (Å²) in [5, 5.41) is 23.4. The van der Waals surface area contributed by atoms with E-state index in [1.54, 1.807) is 36.4 Å². The molecule has 0 spiro atoms. The zero-order chi connectivity index (χ0) is 28.9.